The van der Waals surface area contributed by atoms with Gasteiger partial charge in [-0.05, 0) is 0 Å². The van der Waals surface area contributed by atoms with Gasteiger partial charge in [0, 0.05) is 11.5 Å². The van der Waals surface area contributed by atoms with E-state index in [1.807, 2.05) is 0 Å². The van der Waals surface area contributed by atoms with Crippen LogP contribution in [0.15, 0.2) is 12.4 Å². The predicted molar refractivity (Wildman–Crippen MR) is 43.0 cm³/mol. The van der Waals surface area contributed by atoms with Gasteiger partial charge in [-0.15, -0.1) is 0 Å². The number of aromatic carboxylic acids is 1. The van der Waals surface area contributed by atoms with Crippen molar-refractivity contribution in [3.8, 4) is 0 Å². The van der Waals surface area contributed by atoms with Gasteiger partial charge in [-0.25, -0.2) is 4.79 Å². The Hall–Kier alpha value is -0.840. The van der Waals surface area contributed by atoms with Crippen molar-refractivity contribution in [1.29, 1.82) is 0 Å². The molecular weight excluding hydrogens is 212 g/mol. The normalized spacial score (nSPS) is 9.91. The largest absolute Gasteiger partial charge is 0.478 e. The van der Waals surface area contributed by atoms with Gasteiger partial charge in [-0.1, -0.05) is 15.9 Å². The summed E-state index contributed by atoms with van der Waals surface area (Å²) in [6.45, 7) is 0.688. The third-order valence-electron chi connectivity index (χ3n) is 1.19. The lowest BCUT2D eigenvalue weighted by molar-refractivity contribution is 0.0697. The number of carboxylic acids is 1. The number of alkyl halides is 1. The van der Waals surface area contributed by atoms with E-state index in [0.29, 0.717) is 6.54 Å². The Kier molecular flexibility index (Phi) is 2.64. The van der Waals surface area contributed by atoms with Crippen LogP contribution in [0.1, 0.15) is 10.4 Å². The van der Waals surface area contributed by atoms with Crippen LogP contribution in [0.3, 0.4) is 0 Å². The minimum atomic E-state index is -0.939. The van der Waals surface area contributed by atoms with Crippen LogP contribution < -0.4 is 0 Å². The first-order chi connectivity index (χ1) is 5.24. The fourth-order valence-corrected chi connectivity index (χ4v) is 1.05. The van der Waals surface area contributed by atoms with Gasteiger partial charge in [0.2, 0.25) is 0 Å². The first kappa shape index (κ1) is 8.26. The molecule has 1 aromatic rings. The third kappa shape index (κ3) is 2.04. The number of aromatic nitrogens is 2. The van der Waals surface area contributed by atoms with Crippen LogP contribution in [0.4, 0.5) is 0 Å². The summed E-state index contributed by atoms with van der Waals surface area (Å²) < 4.78 is 1.58. The van der Waals surface area contributed by atoms with Crippen molar-refractivity contribution in [1.82, 2.24) is 9.78 Å². The zero-order valence-corrected chi connectivity index (χ0v) is 7.28. The maximum Gasteiger partial charge on any atom is 0.338 e. The molecule has 0 saturated heterocycles. The molecule has 0 aliphatic rings. The number of hydrogen-bond acceptors (Lipinski definition) is 2. The molecule has 0 fully saturated rings. The second-order valence-electron chi connectivity index (χ2n) is 1.99. The van der Waals surface area contributed by atoms with E-state index in [-0.39, 0.29) is 5.56 Å². The quantitative estimate of drug-likeness (QED) is 0.770. The van der Waals surface area contributed by atoms with Crippen LogP contribution in [0.25, 0.3) is 0 Å². The smallest absolute Gasteiger partial charge is 0.338 e. The molecule has 1 N–H and O–H groups in total. The van der Waals surface area contributed by atoms with E-state index < -0.39 is 5.97 Å². The molecule has 0 atom stereocenters. The van der Waals surface area contributed by atoms with Gasteiger partial charge in [0.15, 0.2) is 0 Å². The van der Waals surface area contributed by atoms with Crippen molar-refractivity contribution in [3.63, 3.8) is 0 Å². The third-order valence-corrected chi connectivity index (χ3v) is 1.55. The van der Waals surface area contributed by atoms with E-state index in [2.05, 4.69) is 21.0 Å². The summed E-state index contributed by atoms with van der Waals surface area (Å²) >= 11 is 3.22. The fraction of sp³-hybridized carbons (Fsp3) is 0.333. The van der Waals surface area contributed by atoms with Crippen molar-refractivity contribution in [3.05, 3.63) is 18.0 Å². The minimum absolute atomic E-state index is 0.228. The van der Waals surface area contributed by atoms with E-state index in [4.69, 9.17) is 5.11 Å². The lowest BCUT2D eigenvalue weighted by Crippen LogP contribution is -1.99. The van der Waals surface area contributed by atoms with Crippen LogP contribution in [0.2, 0.25) is 0 Å². The van der Waals surface area contributed by atoms with Crippen LogP contribution in [-0.4, -0.2) is 26.2 Å². The fourth-order valence-electron chi connectivity index (χ4n) is 0.683. The molecule has 1 heterocycles. The molecule has 5 heteroatoms. The van der Waals surface area contributed by atoms with E-state index in [1.165, 1.54) is 12.4 Å². The number of hydrogen-bond donors (Lipinski definition) is 1. The average Bonchev–Trinajstić information content (AvgIpc) is 2.37. The number of carboxylic acid groups (broad SMARTS) is 1. The summed E-state index contributed by atoms with van der Waals surface area (Å²) in [5, 5.41) is 13.1. The summed E-state index contributed by atoms with van der Waals surface area (Å²) in [5.74, 6) is -0.939. The maximum atomic E-state index is 10.4. The average molecular weight is 219 g/mol. The highest BCUT2D eigenvalue weighted by molar-refractivity contribution is 9.09. The zero-order valence-electron chi connectivity index (χ0n) is 5.70. The highest BCUT2D eigenvalue weighted by atomic mass is 79.9. The molecule has 0 amide bonds. The van der Waals surface area contributed by atoms with Gasteiger partial charge in [0.05, 0.1) is 18.3 Å². The molecule has 1 aromatic heterocycles. The van der Waals surface area contributed by atoms with Crippen molar-refractivity contribution in [2.75, 3.05) is 5.33 Å². The maximum absolute atomic E-state index is 10.4. The standard InChI is InChI=1S/C6H7BrN2O2/c7-1-2-9-4-5(3-8-9)6(10)11/h3-4H,1-2H2,(H,10,11). The first-order valence-electron chi connectivity index (χ1n) is 3.05. The van der Waals surface area contributed by atoms with E-state index in [0.717, 1.165) is 5.33 Å². The Bertz CT molecular complexity index is 259. The van der Waals surface area contributed by atoms with Crippen LogP contribution in [-0.2, 0) is 6.54 Å². The molecule has 0 aromatic carbocycles. The number of aryl methyl sites for hydroxylation is 1. The van der Waals surface area contributed by atoms with Gasteiger partial charge in [-0.2, -0.15) is 5.10 Å². The first-order valence-corrected chi connectivity index (χ1v) is 4.18. The molecular formula is C6H7BrN2O2. The summed E-state index contributed by atoms with van der Waals surface area (Å²) in [4.78, 5) is 10.4. The molecule has 0 spiro atoms. The number of carbonyl (C=O) groups is 1. The molecule has 0 saturated carbocycles. The second-order valence-corrected chi connectivity index (χ2v) is 2.78. The molecule has 1 rings (SSSR count). The summed E-state index contributed by atoms with van der Waals surface area (Å²) in [5.41, 5.74) is 0.228. The predicted octanol–water partition coefficient (Wildman–Crippen LogP) is 0.976. The van der Waals surface area contributed by atoms with E-state index in [9.17, 15) is 4.79 Å². The van der Waals surface area contributed by atoms with Gasteiger partial charge in [-0.3, -0.25) is 4.68 Å². The van der Waals surface area contributed by atoms with Crippen molar-refractivity contribution < 1.29 is 9.90 Å². The van der Waals surface area contributed by atoms with Gasteiger partial charge in [0.25, 0.3) is 0 Å². The molecule has 0 radical (unpaired) electrons. The zero-order chi connectivity index (χ0) is 8.27. The number of rotatable bonds is 3. The van der Waals surface area contributed by atoms with Crippen LogP contribution in [0, 0.1) is 0 Å². The minimum Gasteiger partial charge on any atom is -0.478 e. The molecule has 0 bridgehead atoms. The number of halogens is 1. The molecule has 0 aliphatic carbocycles. The van der Waals surface area contributed by atoms with Crippen molar-refractivity contribution in [2.24, 2.45) is 0 Å². The highest BCUT2D eigenvalue weighted by Crippen LogP contribution is 1.97. The molecule has 60 valence electrons. The van der Waals surface area contributed by atoms with Gasteiger partial charge in [0.1, 0.15) is 0 Å². The topological polar surface area (TPSA) is 55.1 Å². The molecule has 0 aliphatic heterocycles. The lowest BCUT2D eigenvalue weighted by atomic mass is 10.4. The van der Waals surface area contributed by atoms with Gasteiger partial charge >= 0.3 is 5.97 Å². The SMILES string of the molecule is O=C(O)c1cnn(CCBr)c1. The highest BCUT2D eigenvalue weighted by Gasteiger charge is 2.04. The Balaban J connectivity index is 2.73. The monoisotopic (exact) mass is 218 g/mol. The number of nitrogens with zero attached hydrogens (tertiary/aromatic N) is 2. The van der Waals surface area contributed by atoms with Crippen molar-refractivity contribution >= 4 is 21.9 Å². The Labute approximate surface area is 72.0 Å². The van der Waals surface area contributed by atoms with Crippen molar-refractivity contribution in [2.45, 2.75) is 6.54 Å². The van der Waals surface area contributed by atoms with E-state index in [1.54, 1.807) is 4.68 Å². The summed E-state index contributed by atoms with van der Waals surface area (Å²) in [6.07, 6.45) is 2.84. The summed E-state index contributed by atoms with van der Waals surface area (Å²) in [6, 6.07) is 0. The lowest BCUT2D eigenvalue weighted by Gasteiger charge is -1.92. The Morgan fingerprint density at radius 3 is 3.00 bits per heavy atom. The molecule has 4 nitrogen and oxygen atoms in total. The molecule has 11 heavy (non-hydrogen) atoms. The summed E-state index contributed by atoms with van der Waals surface area (Å²) in [7, 11) is 0. The molecule has 0 unspecified atom stereocenters. The Morgan fingerprint density at radius 2 is 2.55 bits per heavy atom. The van der Waals surface area contributed by atoms with Crippen LogP contribution in [0.5, 0.6) is 0 Å². The van der Waals surface area contributed by atoms with E-state index >= 15 is 0 Å². The van der Waals surface area contributed by atoms with Crippen LogP contribution >= 0.6 is 15.9 Å². The second kappa shape index (κ2) is 3.52. The Morgan fingerprint density at radius 1 is 1.82 bits per heavy atom. The van der Waals surface area contributed by atoms with Gasteiger partial charge < -0.3 is 5.11 Å².